The first-order valence-electron chi connectivity index (χ1n) is 8.38. The van der Waals surface area contributed by atoms with Crippen LogP contribution in [-0.2, 0) is 11.2 Å². The minimum Gasteiger partial charge on any atom is -0.507 e. The van der Waals surface area contributed by atoms with Gasteiger partial charge in [-0.2, -0.15) is 0 Å². The number of aromatic hydroxyl groups is 3. The Balaban J connectivity index is 2.05. The Labute approximate surface area is 152 Å². The highest BCUT2D eigenvalue weighted by Crippen LogP contribution is 2.61. The van der Waals surface area contributed by atoms with Crippen LogP contribution in [-0.4, -0.2) is 37.1 Å². The van der Waals surface area contributed by atoms with Crippen molar-refractivity contribution in [2.45, 2.75) is 24.0 Å². The molecule has 2 aromatic carbocycles. The third kappa shape index (κ3) is 1.60. The van der Waals surface area contributed by atoms with Gasteiger partial charge in [0.15, 0.2) is 23.1 Å². The first-order chi connectivity index (χ1) is 12.7. The highest BCUT2D eigenvalue weighted by Gasteiger charge is 2.60. The number of phenols is 3. The van der Waals surface area contributed by atoms with Crippen molar-refractivity contribution in [3.05, 3.63) is 52.6 Å². The van der Waals surface area contributed by atoms with E-state index in [2.05, 4.69) is 0 Å². The van der Waals surface area contributed by atoms with E-state index < -0.39 is 34.3 Å². The molecular weight excluding hydrogens is 352 g/mol. The zero-order chi connectivity index (χ0) is 19.3. The number of Topliss-reactive ketones (excluding diaryl/α,β-unsaturated/α-hetero) is 1. The fraction of sp³-hybridized carbons (Fsp3) is 0.200. The van der Waals surface area contributed by atoms with Crippen LogP contribution in [0.15, 0.2) is 30.4 Å². The lowest BCUT2D eigenvalue weighted by Gasteiger charge is -2.51. The molecule has 5 N–H and O–H groups in total. The third-order valence-corrected chi connectivity index (χ3v) is 5.89. The second kappa shape index (κ2) is 4.57. The van der Waals surface area contributed by atoms with E-state index in [0.717, 1.165) is 12.2 Å². The molecular formula is C20H14O7. The van der Waals surface area contributed by atoms with Gasteiger partial charge in [0.1, 0.15) is 17.0 Å². The van der Waals surface area contributed by atoms with Gasteiger partial charge in [0.25, 0.3) is 0 Å². The summed E-state index contributed by atoms with van der Waals surface area (Å²) < 4.78 is 0. The van der Waals surface area contributed by atoms with Crippen molar-refractivity contribution in [3.63, 3.8) is 0 Å². The van der Waals surface area contributed by atoms with Crippen LogP contribution in [0.3, 0.4) is 0 Å². The van der Waals surface area contributed by atoms with Gasteiger partial charge >= 0.3 is 0 Å². The van der Waals surface area contributed by atoms with Crippen LogP contribution in [0, 0.1) is 0 Å². The normalized spacial score (nSPS) is 27.3. The molecule has 0 radical (unpaired) electrons. The molecule has 2 atom stereocenters. The van der Waals surface area contributed by atoms with Gasteiger partial charge in [-0.25, -0.2) is 0 Å². The number of carbonyl (C=O) groups excluding carboxylic acids is 2. The summed E-state index contributed by atoms with van der Waals surface area (Å²) in [5.41, 5.74) is -3.94. The van der Waals surface area contributed by atoms with E-state index >= 15 is 0 Å². The molecule has 2 aromatic rings. The van der Waals surface area contributed by atoms with E-state index in [1.165, 1.54) is 18.2 Å². The van der Waals surface area contributed by atoms with Crippen molar-refractivity contribution < 1.29 is 35.1 Å². The number of phenolic OH excluding ortho intramolecular Hbond substituents is 3. The molecule has 0 fully saturated rings. The molecule has 3 aliphatic rings. The first kappa shape index (κ1) is 16.0. The Morgan fingerprint density at radius 2 is 1.63 bits per heavy atom. The number of allylic oxidation sites excluding steroid dienone is 1. The fourth-order valence-electron chi connectivity index (χ4n) is 4.67. The lowest BCUT2D eigenvalue weighted by atomic mass is 9.57. The molecule has 7 heteroatoms. The Morgan fingerprint density at radius 3 is 2.37 bits per heavy atom. The molecule has 7 nitrogen and oxygen atoms in total. The first-order valence-corrected chi connectivity index (χ1v) is 8.38. The van der Waals surface area contributed by atoms with Crippen molar-refractivity contribution in [1.29, 1.82) is 0 Å². The second-order valence-electron chi connectivity index (χ2n) is 7.17. The number of rotatable bonds is 0. The van der Waals surface area contributed by atoms with Gasteiger partial charge in [0, 0.05) is 17.5 Å². The molecule has 0 saturated carbocycles. The summed E-state index contributed by atoms with van der Waals surface area (Å²) in [6.45, 7) is 0. The van der Waals surface area contributed by atoms with E-state index in [1.807, 2.05) is 0 Å². The quantitative estimate of drug-likeness (QED) is 0.447. The highest BCUT2D eigenvalue weighted by atomic mass is 16.4. The van der Waals surface area contributed by atoms with Gasteiger partial charge in [-0.1, -0.05) is 6.07 Å². The van der Waals surface area contributed by atoms with E-state index in [1.54, 1.807) is 0 Å². The average Bonchev–Trinajstić information content (AvgIpc) is 2.63. The summed E-state index contributed by atoms with van der Waals surface area (Å²) in [7, 11) is 0. The Kier molecular flexibility index (Phi) is 2.71. The maximum Gasteiger partial charge on any atom is 0.189 e. The molecule has 0 aromatic heterocycles. The van der Waals surface area contributed by atoms with Crippen molar-refractivity contribution in [3.8, 4) is 28.4 Å². The maximum atomic E-state index is 12.5. The summed E-state index contributed by atoms with van der Waals surface area (Å²) in [4.78, 5) is 24.8. The molecule has 0 heterocycles. The molecule has 0 spiro atoms. The minimum atomic E-state index is -2.09. The second-order valence-corrected chi connectivity index (χ2v) is 7.17. The average molecular weight is 366 g/mol. The number of hydrogen-bond donors (Lipinski definition) is 5. The van der Waals surface area contributed by atoms with Gasteiger partial charge < -0.3 is 25.5 Å². The molecule has 0 unspecified atom stereocenters. The van der Waals surface area contributed by atoms with Crippen LogP contribution in [0.5, 0.6) is 17.2 Å². The molecule has 5 rings (SSSR count). The molecule has 0 saturated heterocycles. The largest absolute Gasteiger partial charge is 0.507 e. The van der Waals surface area contributed by atoms with Crippen molar-refractivity contribution >= 4 is 11.6 Å². The number of hydrogen-bond acceptors (Lipinski definition) is 7. The van der Waals surface area contributed by atoms with Crippen LogP contribution in [0.4, 0.5) is 0 Å². The summed E-state index contributed by atoms with van der Waals surface area (Å²) in [5, 5.41) is 53.7. The molecule has 136 valence electrons. The van der Waals surface area contributed by atoms with E-state index in [0.29, 0.717) is 0 Å². The smallest absolute Gasteiger partial charge is 0.189 e. The number of ketones is 2. The van der Waals surface area contributed by atoms with Crippen LogP contribution >= 0.6 is 0 Å². The lowest BCUT2D eigenvalue weighted by Crippen LogP contribution is -2.54. The van der Waals surface area contributed by atoms with Gasteiger partial charge in [0.2, 0.25) is 0 Å². The van der Waals surface area contributed by atoms with Crippen LogP contribution in [0.25, 0.3) is 11.1 Å². The highest BCUT2D eigenvalue weighted by molar-refractivity contribution is 6.12. The number of fused-ring (bicyclic) bond motifs is 2. The monoisotopic (exact) mass is 366 g/mol. The molecule has 3 aliphatic carbocycles. The molecule has 0 aliphatic heterocycles. The van der Waals surface area contributed by atoms with Gasteiger partial charge in [-0.05, 0) is 41.8 Å². The molecule has 27 heavy (non-hydrogen) atoms. The number of benzene rings is 2. The maximum absolute atomic E-state index is 12.5. The van der Waals surface area contributed by atoms with Gasteiger partial charge in [-0.15, -0.1) is 0 Å². The van der Waals surface area contributed by atoms with Crippen LogP contribution in [0.2, 0.25) is 0 Å². The Hall–Kier alpha value is -3.16. The Morgan fingerprint density at radius 1 is 0.889 bits per heavy atom. The van der Waals surface area contributed by atoms with Crippen molar-refractivity contribution in [2.75, 3.05) is 0 Å². The van der Waals surface area contributed by atoms with Crippen LogP contribution < -0.4 is 0 Å². The topological polar surface area (TPSA) is 135 Å². The van der Waals surface area contributed by atoms with Crippen molar-refractivity contribution in [1.82, 2.24) is 0 Å². The van der Waals surface area contributed by atoms with E-state index in [-0.39, 0.29) is 52.0 Å². The molecule has 0 bridgehead atoms. The summed E-state index contributed by atoms with van der Waals surface area (Å²) in [5.74, 6) is -2.55. The summed E-state index contributed by atoms with van der Waals surface area (Å²) in [6.07, 6.45) is 1.91. The predicted octanol–water partition coefficient (Wildman–Crippen LogP) is 1.59. The zero-order valence-electron chi connectivity index (χ0n) is 13.9. The SMILES string of the molecule is O=C1C=C[C@@]2(O)c3c(ccc(O)c31)-c1cc(O)c(O)c3c1[C@]2(O)CCC3=O. The van der Waals surface area contributed by atoms with Crippen LogP contribution in [0.1, 0.15) is 44.7 Å². The van der Waals surface area contributed by atoms with Crippen molar-refractivity contribution in [2.24, 2.45) is 0 Å². The van der Waals surface area contributed by atoms with Gasteiger partial charge in [0.05, 0.1) is 11.1 Å². The fourth-order valence-corrected chi connectivity index (χ4v) is 4.67. The summed E-state index contributed by atoms with van der Waals surface area (Å²) in [6, 6.07) is 3.90. The summed E-state index contributed by atoms with van der Waals surface area (Å²) >= 11 is 0. The number of carbonyl (C=O) groups is 2. The third-order valence-electron chi connectivity index (χ3n) is 5.89. The standard InChI is InChI=1S/C20H14O7/c21-10-2-1-8-9-7-13(24)18(25)15-12(23)4-6-20(27,17(9)15)19(26)5-3-11(22)14(10)16(8)19/h1-3,5,7,21,24-27H,4,6H2/t19-,20-/m1/s1. The Bertz CT molecular complexity index is 1130. The van der Waals surface area contributed by atoms with E-state index in [9.17, 15) is 35.1 Å². The lowest BCUT2D eigenvalue weighted by molar-refractivity contribution is -0.144. The number of aliphatic hydroxyl groups is 2. The van der Waals surface area contributed by atoms with E-state index in [4.69, 9.17) is 0 Å². The predicted molar refractivity (Wildman–Crippen MR) is 91.7 cm³/mol. The zero-order valence-corrected chi connectivity index (χ0v) is 13.9. The van der Waals surface area contributed by atoms with Gasteiger partial charge in [-0.3, -0.25) is 9.59 Å². The molecule has 0 amide bonds. The minimum absolute atomic E-state index is 0.0136.